The van der Waals surface area contributed by atoms with E-state index in [-0.39, 0.29) is 5.82 Å². The maximum absolute atomic E-state index is 14.2. The molecule has 0 aliphatic carbocycles. The minimum atomic E-state index is -0.295. The lowest BCUT2D eigenvalue weighted by Gasteiger charge is -2.07. The Labute approximate surface area is 234 Å². The van der Waals surface area contributed by atoms with Crippen LogP contribution in [0.2, 0.25) is 0 Å². The highest BCUT2D eigenvalue weighted by molar-refractivity contribution is 5.97. The first-order valence-electron chi connectivity index (χ1n) is 13.3. The maximum Gasteiger partial charge on any atom is 0.159 e. The highest BCUT2D eigenvalue weighted by Gasteiger charge is 2.17. The number of rotatable bonds is 7. The number of nitrogens with one attached hydrogen (secondary N) is 3. The average molecular weight is 541 g/mol. The molecule has 0 unspecified atom stereocenters. The van der Waals surface area contributed by atoms with Crippen molar-refractivity contribution in [2.45, 2.75) is 20.0 Å². The minimum absolute atomic E-state index is 0.295. The van der Waals surface area contributed by atoms with Crippen LogP contribution in [0.15, 0.2) is 91.6 Å². The van der Waals surface area contributed by atoms with Crippen LogP contribution in [0.5, 0.6) is 0 Å². The molecule has 2 aromatic carbocycles. The van der Waals surface area contributed by atoms with E-state index in [0.717, 1.165) is 56.5 Å². The smallest absolute Gasteiger partial charge is 0.159 e. The number of pyridine rings is 3. The topological polar surface area (TPSA) is 108 Å². The number of fused-ring (bicyclic) bond motifs is 2. The summed E-state index contributed by atoms with van der Waals surface area (Å²) >= 11 is 0. The van der Waals surface area contributed by atoms with Crippen molar-refractivity contribution in [3.63, 3.8) is 0 Å². The first-order valence-corrected chi connectivity index (χ1v) is 13.3. The van der Waals surface area contributed by atoms with Crippen LogP contribution in [-0.2, 0) is 13.1 Å². The van der Waals surface area contributed by atoms with Crippen LogP contribution in [0, 0.1) is 12.7 Å². The van der Waals surface area contributed by atoms with E-state index in [9.17, 15) is 4.39 Å². The van der Waals surface area contributed by atoms with Gasteiger partial charge >= 0.3 is 0 Å². The quantitative estimate of drug-likeness (QED) is 0.217. The largest absolute Gasteiger partial charge is 0.335 e. The van der Waals surface area contributed by atoms with E-state index >= 15 is 0 Å². The standard InChI is InChI=1S/C32H25FN8/c1-19-7-22(10-24(33)8-19)26-16-36-17-29-30(26)39-32(38-29)31-25-11-27(37-18-28(25)40-41-31)23-9-21(14-35-15-23)13-34-12-20-5-3-2-4-6-20/h2-11,14-18,34H,12-13H2,1H3,(H,38,39)(H,40,41). The van der Waals surface area contributed by atoms with Crippen molar-refractivity contribution in [2.24, 2.45) is 0 Å². The zero-order chi connectivity index (χ0) is 27.8. The molecular weight excluding hydrogens is 515 g/mol. The molecule has 200 valence electrons. The second-order valence-electron chi connectivity index (χ2n) is 10.0. The Morgan fingerprint density at radius 2 is 1.66 bits per heavy atom. The molecule has 0 aliphatic rings. The Balaban J connectivity index is 1.21. The van der Waals surface area contributed by atoms with Crippen LogP contribution < -0.4 is 5.32 Å². The Bertz CT molecular complexity index is 1990. The van der Waals surface area contributed by atoms with Crippen molar-refractivity contribution in [1.82, 2.24) is 40.4 Å². The van der Waals surface area contributed by atoms with E-state index in [2.05, 4.69) is 53.6 Å². The van der Waals surface area contributed by atoms with Crippen LogP contribution in [0.25, 0.3) is 55.8 Å². The van der Waals surface area contributed by atoms with Gasteiger partial charge in [-0.05, 0) is 53.4 Å². The molecule has 0 spiro atoms. The fourth-order valence-corrected chi connectivity index (χ4v) is 5.07. The molecule has 5 aromatic heterocycles. The summed E-state index contributed by atoms with van der Waals surface area (Å²) in [6.45, 7) is 3.33. The molecule has 9 heteroatoms. The van der Waals surface area contributed by atoms with Gasteiger partial charge in [0.25, 0.3) is 0 Å². The number of aromatic amines is 2. The van der Waals surface area contributed by atoms with Crippen LogP contribution in [0.3, 0.4) is 0 Å². The van der Waals surface area contributed by atoms with Gasteiger partial charge in [-0.25, -0.2) is 9.37 Å². The van der Waals surface area contributed by atoms with Crippen molar-refractivity contribution >= 4 is 21.9 Å². The minimum Gasteiger partial charge on any atom is -0.335 e. The third-order valence-corrected chi connectivity index (χ3v) is 7.01. The van der Waals surface area contributed by atoms with Gasteiger partial charge in [-0.15, -0.1) is 0 Å². The average Bonchev–Trinajstić information content (AvgIpc) is 3.61. The highest BCUT2D eigenvalue weighted by atomic mass is 19.1. The van der Waals surface area contributed by atoms with E-state index in [1.807, 2.05) is 49.6 Å². The van der Waals surface area contributed by atoms with E-state index in [1.54, 1.807) is 18.6 Å². The van der Waals surface area contributed by atoms with Gasteiger partial charge in [0.15, 0.2) is 5.82 Å². The lowest BCUT2D eigenvalue weighted by Crippen LogP contribution is -2.12. The lowest BCUT2D eigenvalue weighted by atomic mass is 10.0. The Kier molecular flexibility index (Phi) is 6.25. The summed E-state index contributed by atoms with van der Waals surface area (Å²) in [7, 11) is 0. The first kappa shape index (κ1) is 24.7. The van der Waals surface area contributed by atoms with E-state index in [0.29, 0.717) is 23.6 Å². The van der Waals surface area contributed by atoms with Crippen LogP contribution in [0.1, 0.15) is 16.7 Å². The van der Waals surface area contributed by atoms with Gasteiger partial charge in [0.1, 0.15) is 11.5 Å². The summed E-state index contributed by atoms with van der Waals surface area (Å²) in [6.07, 6.45) is 8.87. The fourth-order valence-electron chi connectivity index (χ4n) is 5.07. The number of halogens is 1. The number of aryl methyl sites for hydroxylation is 1. The van der Waals surface area contributed by atoms with Gasteiger partial charge < -0.3 is 10.3 Å². The third kappa shape index (κ3) is 4.94. The van der Waals surface area contributed by atoms with Gasteiger partial charge in [0, 0.05) is 48.2 Å². The molecule has 0 aliphatic heterocycles. The fraction of sp³-hybridized carbons (Fsp3) is 0.0938. The molecule has 7 aromatic rings. The summed E-state index contributed by atoms with van der Waals surface area (Å²) in [5.74, 6) is 0.291. The van der Waals surface area contributed by atoms with E-state index < -0.39 is 0 Å². The predicted octanol–water partition coefficient (Wildman–Crippen LogP) is 6.36. The van der Waals surface area contributed by atoms with Crippen LogP contribution in [0.4, 0.5) is 4.39 Å². The molecule has 3 N–H and O–H groups in total. The van der Waals surface area contributed by atoms with Crippen molar-refractivity contribution in [2.75, 3.05) is 0 Å². The number of nitrogens with zero attached hydrogens (tertiary/aromatic N) is 5. The molecule has 0 amide bonds. The number of aromatic nitrogens is 7. The van der Waals surface area contributed by atoms with Gasteiger partial charge in [-0.3, -0.25) is 20.1 Å². The zero-order valence-electron chi connectivity index (χ0n) is 22.2. The molecule has 0 saturated carbocycles. The van der Waals surface area contributed by atoms with Crippen molar-refractivity contribution in [3.8, 4) is 33.9 Å². The highest BCUT2D eigenvalue weighted by Crippen LogP contribution is 2.32. The zero-order valence-corrected chi connectivity index (χ0v) is 22.2. The Hall–Kier alpha value is -5.28. The second-order valence-corrected chi connectivity index (χ2v) is 10.0. The SMILES string of the molecule is Cc1cc(F)cc(-c2cncc3[nH]c(-c4n[nH]c5cnc(-c6cncc(CNCc7ccccc7)c6)cc45)nc23)c1. The number of benzene rings is 2. The van der Waals surface area contributed by atoms with E-state index in [4.69, 9.17) is 4.98 Å². The molecule has 7 rings (SSSR count). The Morgan fingerprint density at radius 3 is 2.54 bits per heavy atom. The lowest BCUT2D eigenvalue weighted by molar-refractivity contribution is 0.627. The van der Waals surface area contributed by atoms with Gasteiger partial charge in [-0.1, -0.05) is 36.4 Å². The number of hydrogen-bond acceptors (Lipinski definition) is 6. The third-order valence-electron chi connectivity index (χ3n) is 7.01. The monoisotopic (exact) mass is 540 g/mol. The number of hydrogen-bond donors (Lipinski definition) is 3. The Morgan fingerprint density at radius 1 is 0.805 bits per heavy atom. The first-order chi connectivity index (χ1) is 20.1. The molecule has 0 atom stereocenters. The van der Waals surface area contributed by atoms with Crippen molar-refractivity contribution in [3.05, 3.63) is 114 Å². The number of imidazole rings is 1. The molecule has 0 fully saturated rings. The predicted molar refractivity (Wildman–Crippen MR) is 157 cm³/mol. The van der Waals surface area contributed by atoms with Gasteiger partial charge in [0.2, 0.25) is 0 Å². The summed E-state index contributed by atoms with van der Waals surface area (Å²) < 4.78 is 14.2. The summed E-state index contributed by atoms with van der Waals surface area (Å²) in [5.41, 5.74) is 9.19. The summed E-state index contributed by atoms with van der Waals surface area (Å²) in [4.78, 5) is 21.7. The molecule has 0 bridgehead atoms. The maximum atomic E-state index is 14.2. The van der Waals surface area contributed by atoms with Crippen molar-refractivity contribution < 1.29 is 4.39 Å². The molecular formula is C32H25FN8. The summed E-state index contributed by atoms with van der Waals surface area (Å²) in [6, 6.07) is 19.3. The molecule has 5 heterocycles. The molecule has 0 saturated heterocycles. The molecule has 8 nitrogen and oxygen atoms in total. The van der Waals surface area contributed by atoms with Crippen molar-refractivity contribution in [1.29, 1.82) is 0 Å². The van der Waals surface area contributed by atoms with E-state index in [1.165, 1.54) is 17.7 Å². The second kappa shape index (κ2) is 10.4. The number of H-pyrrole nitrogens is 2. The van der Waals surface area contributed by atoms with Gasteiger partial charge in [-0.2, -0.15) is 5.10 Å². The van der Waals surface area contributed by atoms with Crippen LogP contribution in [-0.4, -0.2) is 35.1 Å². The normalized spacial score (nSPS) is 11.5. The van der Waals surface area contributed by atoms with Gasteiger partial charge in [0.05, 0.1) is 34.6 Å². The summed E-state index contributed by atoms with van der Waals surface area (Å²) in [5, 5.41) is 12.0. The van der Waals surface area contributed by atoms with Crippen LogP contribution >= 0.6 is 0 Å². The molecule has 0 radical (unpaired) electrons. The molecule has 41 heavy (non-hydrogen) atoms.